The zero-order chi connectivity index (χ0) is 16.6. The molecule has 0 atom stereocenters. The zero-order valence-electron chi connectivity index (χ0n) is 14.2. The summed E-state index contributed by atoms with van der Waals surface area (Å²) in [6.45, 7) is 6.99. The molecule has 1 amide bonds. The summed E-state index contributed by atoms with van der Waals surface area (Å²) in [6, 6.07) is 7.73. The van der Waals surface area contributed by atoms with Gasteiger partial charge in [0.15, 0.2) is 5.96 Å². The number of benzene rings is 1. The minimum atomic E-state index is -0.396. The highest BCUT2D eigenvalue weighted by Gasteiger charge is 2.20. The Bertz CT molecular complexity index is 527. The van der Waals surface area contributed by atoms with E-state index in [1.165, 1.54) is 0 Å². The molecule has 0 aliphatic rings. The lowest BCUT2D eigenvalue weighted by atomic mass is 9.96. The van der Waals surface area contributed by atoms with Gasteiger partial charge in [0.2, 0.25) is 5.91 Å². The number of guanidine groups is 1. The van der Waals surface area contributed by atoms with E-state index >= 15 is 0 Å². The summed E-state index contributed by atoms with van der Waals surface area (Å²) in [6.07, 6.45) is 0. The number of nitrogens with zero attached hydrogens (tertiary/aromatic N) is 1. The van der Waals surface area contributed by atoms with Crippen LogP contribution < -0.4 is 16.4 Å². The minimum Gasteiger partial charge on any atom is -0.380 e. The maximum atomic E-state index is 11.7. The Morgan fingerprint density at radius 3 is 2.57 bits per heavy atom. The van der Waals surface area contributed by atoms with Gasteiger partial charge < -0.3 is 21.1 Å². The number of halogens is 1. The fourth-order valence-electron chi connectivity index (χ4n) is 1.71. The van der Waals surface area contributed by atoms with Crippen LogP contribution in [0.15, 0.2) is 29.3 Å². The summed E-state index contributed by atoms with van der Waals surface area (Å²) in [7, 11) is 1.64. The van der Waals surface area contributed by atoms with Crippen LogP contribution in [0.25, 0.3) is 0 Å². The monoisotopic (exact) mass is 434 g/mol. The molecule has 0 unspecified atom stereocenters. The van der Waals surface area contributed by atoms with Gasteiger partial charge in [0.05, 0.1) is 13.2 Å². The van der Waals surface area contributed by atoms with E-state index < -0.39 is 5.41 Å². The van der Waals surface area contributed by atoms with Crippen LogP contribution in [-0.2, 0) is 16.1 Å². The molecule has 130 valence electrons. The zero-order valence-corrected chi connectivity index (χ0v) is 16.5. The first kappa shape index (κ1) is 21.6. The first-order valence-corrected chi connectivity index (χ1v) is 7.26. The van der Waals surface area contributed by atoms with E-state index in [4.69, 9.17) is 10.5 Å². The molecule has 0 fully saturated rings. The Morgan fingerprint density at radius 2 is 1.96 bits per heavy atom. The number of aliphatic imine (C=N–C) groups is 1. The van der Waals surface area contributed by atoms with Gasteiger partial charge in [-0.05, 0) is 6.07 Å². The second-order valence-corrected chi connectivity index (χ2v) is 5.99. The fourth-order valence-corrected chi connectivity index (χ4v) is 1.71. The number of anilines is 1. The lowest BCUT2D eigenvalue weighted by Crippen LogP contribution is -2.36. The lowest BCUT2D eigenvalue weighted by Gasteiger charge is -2.17. The molecule has 0 spiro atoms. The number of para-hydroxylation sites is 1. The Kier molecular flexibility index (Phi) is 9.82. The summed E-state index contributed by atoms with van der Waals surface area (Å²) in [4.78, 5) is 15.9. The van der Waals surface area contributed by atoms with Crippen LogP contribution in [0.5, 0.6) is 0 Å². The molecule has 1 aromatic carbocycles. The van der Waals surface area contributed by atoms with Crippen molar-refractivity contribution in [3.05, 3.63) is 29.8 Å². The van der Waals surface area contributed by atoms with Gasteiger partial charge in [-0.25, -0.2) is 0 Å². The molecule has 6 nitrogen and oxygen atoms in total. The number of carbonyl (C=O) groups is 1. The summed E-state index contributed by atoms with van der Waals surface area (Å²) in [5, 5.41) is 5.87. The van der Waals surface area contributed by atoms with Crippen molar-refractivity contribution in [3.63, 3.8) is 0 Å². The second kappa shape index (κ2) is 10.4. The number of nitrogens with two attached hydrogens (primary N) is 1. The maximum absolute atomic E-state index is 11.7. The van der Waals surface area contributed by atoms with Crippen LogP contribution in [0.3, 0.4) is 0 Å². The molecule has 0 heterocycles. The summed E-state index contributed by atoms with van der Waals surface area (Å²) >= 11 is 0. The summed E-state index contributed by atoms with van der Waals surface area (Å²) in [5.41, 5.74) is 7.33. The smallest absolute Gasteiger partial charge is 0.225 e. The van der Waals surface area contributed by atoms with Gasteiger partial charge in [0, 0.05) is 30.3 Å². The van der Waals surface area contributed by atoms with E-state index in [9.17, 15) is 4.79 Å². The third-order valence-electron chi connectivity index (χ3n) is 2.94. The van der Waals surface area contributed by atoms with Gasteiger partial charge in [-0.3, -0.25) is 9.79 Å². The molecule has 1 aromatic rings. The number of amides is 1. The van der Waals surface area contributed by atoms with E-state index in [0.717, 1.165) is 11.3 Å². The van der Waals surface area contributed by atoms with E-state index in [0.29, 0.717) is 25.7 Å². The fraction of sp³-hybridized carbons (Fsp3) is 0.500. The normalized spacial score (nSPS) is 11.6. The Balaban J connectivity index is 0.00000484. The number of ether oxygens (including phenoxy) is 1. The minimum absolute atomic E-state index is 0. The third-order valence-corrected chi connectivity index (χ3v) is 2.94. The first-order chi connectivity index (χ1) is 10.3. The van der Waals surface area contributed by atoms with Crippen molar-refractivity contribution in [1.82, 2.24) is 5.32 Å². The van der Waals surface area contributed by atoms with Gasteiger partial charge in [-0.2, -0.15) is 0 Å². The van der Waals surface area contributed by atoms with Crippen molar-refractivity contribution in [2.75, 3.05) is 25.5 Å². The van der Waals surface area contributed by atoms with Gasteiger partial charge in [-0.15, -0.1) is 24.0 Å². The Hall–Kier alpha value is -1.35. The molecule has 7 heteroatoms. The summed E-state index contributed by atoms with van der Waals surface area (Å²) in [5.74, 6) is 0.313. The second-order valence-electron chi connectivity index (χ2n) is 5.99. The number of hydrogen-bond acceptors (Lipinski definition) is 3. The van der Waals surface area contributed by atoms with E-state index in [-0.39, 0.29) is 29.9 Å². The van der Waals surface area contributed by atoms with Crippen LogP contribution in [-0.4, -0.2) is 32.1 Å². The predicted molar refractivity (Wildman–Crippen MR) is 105 cm³/mol. The molecule has 0 radical (unpaired) electrons. The van der Waals surface area contributed by atoms with Crippen molar-refractivity contribution in [3.8, 4) is 0 Å². The molecule has 23 heavy (non-hydrogen) atoms. The number of methoxy groups -OCH3 is 1. The van der Waals surface area contributed by atoms with Gasteiger partial charge in [0.25, 0.3) is 0 Å². The van der Waals surface area contributed by atoms with E-state index in [1.807, 2.05) is 45.0 Å². The molecule has 0 aromatic heterocycles. The predicted octanol–water partition coefficient (Wildman–Crippen LogP) is 2.34. The third kappa shape index (κ3) is 8.17. The van der Waals surface area contributed by atoms with Crippen molar-refractivity contribution in [1.29, 1.82) is 0 Å². The number of hydrogen-bond donors (Lipinski definition) is 3. The van der Waals surface area contributed by atoms with Crippen molar-refractivity contribution >= 4 is 41.5 Å². The average molecular weight is 434 g/mol. The Morgan fingerprint density at radius 1 is 1.30 bits per heavy atom. The topological polar surface area (TPSA) is 88.7 Å². The SMILES string of the molecule is COCc1ccccc1NC(N)=NCCNC(=O)C(C)(C)C.I. The van der Waals surface area contributed by atoms with E-state index in [1.54, 1.807) is 7.11 Å². The van der Waals surface area contributed by atoms with Crippen molar-refractivity contribution in [2.45, 2.75) is 27.4 Å². The van der Waals surface area contributed by atoms with Gasteiger partial charge >= 0.3 is 0 Å². The highest BCUT2D eigenvalue weighted by atomic mass is 127. The van der Waals surface area contributed by atoms with Crippen molar-refractivity contribution < 1.29 is 9.53 Å². The van der Waals surface area contributed by atoms with Gasteiger partial charge in [-0.1, -0.05) is 39.0 Å². The first-order valence-electron chi connectivity index (χ1n) is 7.26. The van der Waals surface area contributed by atoms with Crippen LogP contribution in [0.2, 0.25) is 0 Å². The molecular formula is C16H27IN4O2. The molecule has 4 N–H and O–H groups in total. The van der Waals surface area contributed by atoms with Crippen LogP contribution >= 0.6 is 24.0 Å². The standard InChI is InChI=1S/C16H26N4O2.HI/c1-16(2,3)14(21)18-9-10-19-15(17)20-13-8-6-5-7-12(13)11-22-4;/h5-8H,9-11H2,1-4H3,(H,18,21)(H3,17,19,20);1H. The molecule has 0 aliphatic carbocycles. The molecule has 0 saturated carbocycles. The molecule has 0 saturated heterocycles. The quantitative estimate of drug-likeness (QED) is 0.278. The van der Waals surface area contributed by atoms with Gasteiger partial charge in [0.1, 0.15) is 0 Å². The maximum Gasteiger partial charge on any atom is 0.225 e. The van der Waals surface area contributed by atoms with E-state index in [2.05, 4.69) is 15.6 Å². The largest absolute Gasteiger partial charge is 0.380 e. The van der Waals surface area contributed by atoms with Crippen LogP contribution in [0.4, 0.5) is 5.69 Å². The highest BCUT2D eigenvalue weighted by Crippen LogP contribution is 2.15. The Labute approximate surface area is 155 Å². The average Bonchev–Trinajstić information content (AvgIpc) is 2.44. The molecule has 0 aliphatic heterocycles. The molecule has 1 rings (SSSR count). The lowest BCUT2D eigenvalue weighted by molar-refractivity contribution is -0.128. The highest BCUT2D eigenvalue weighted by molar-refractivity contribution is 14.0. The molecule has 0 bridgehead atoms. The van der Waals surface area contributed by atoms with Crippen LogP contribution in [0.1, 0.15) is 26.3 Å². The number of carbonyl (C=O) groups excluding carboxylic acids is 1. The van der Waals surface area contributed by atoms with Crippen LogP contribution in [0, 0.1) is 5.41 Å². The summed E-state index contributed by atoms with van der Waals surface area (Å²) < 4.78 is 5.14. The van der Waals surface area contributed by atoms with Crippen molar-refractivity contribution in [2.24, 2.45) is 16.1 Å². The number of nitrogens with one attached hydrogen (secondary N) is 2. The molecular weight excluding hydrogens is 407 g/mol. The number of rotatable bonds is 6.